The second kappa shape index (κ2) is 7.79. The second-order valence-corrected chi connectivity index (χ2v) is 6.91. The summed E-state index contributed by atoms with van der Waals surface area (Å²) in [7, 11) is 0. The number of hydrogen-bond donors (Lipinski definition) is 2. The van der Waals surface area contributed by atoms with E-state index in [1.54, 1.807) is 0 Å². The van der Waals surface area contributed by atoms with Crippen molar-refractivity contribution in [3.63, 3.8) is 0 Å². The van der Waals surface area contributed by atoms with Crippen molar-refractivity contribution in [3.05, 3.63) is 29.8 Å². The van der Waals surface area contributed by atoms with Crippen molar-refractivity contribution in [2.75, 3.05) is 13.2 Å². The molecule has 5 heteroatoms. The molecule has 0 saturated carbocycles. The zero-order chi connectivity index (χ0) is 16.9. The minimum absolute atomic E-state index is 0.0199. The molecule has 2 rings (SSSR count). The molecule has 0 bridgehead atoms. The van der Waals surface area contributed by atoms with E-state index in [4.69, 9.17) is 14.6 Å². The van der Waals surface area contributed by atoms with Gasteiger partial charge in [-0.2, -0.15) is 0 Å². The Labute approximate surface area is 138 Å². The van der Waals surface area contributed by atoms with Gasteiger partial charge in [0, 0.05) is 19.6 Å². The SMILES string of the molecule is CC(C)(C)OC(=O)C(CCCO)NCC1Cc2ccccc2O1. The third-order valence-corrected chi connectivity index (χ3v) is 3.65. The third-order valence-electron chi connectivity index (χ3n) is 3.65. The van der Waals surface area contributed by atoms with E-state index in [1.807, 2.05) is 39.0 Å². The number of ether oxygens (including phenoxy) is 2. The Bertz CT molecular complexity index is 499. The summed E-state index contributed by atoms with van der Waals surface area (Å²) in [5.74, 6) is 0.643. The largest absolute Gasteiger partial charge is 0.488 e. The van der Waals surface area contributed by atoms with Gasteiger partial charge in [0.05, 0.1) is 0 Å². The highest BCUT2D eigenvalue weighted by atomic mass is 16.6. The van der Waals surface area contributed by atoms with Gasteiger partial charge < -0.3 is 19.9 Å². The van der Waals surface area contributed by atoms with Crippen molar-refractivity contribution in [2.24, 2.45) is 0 Å². The Hall–Kier alpha value is -1.59. The number of nitrogens with one attached hydrogen (secondary N) is 1. The number of benzene rings is 1. The van der Waals surface area contributed by atoms with E-state index in [-0.39, 0.29) is 18.7 Å². The van der Waals surface area contributed by atoms with E-state index in [1.165, 1.54) is 5.56 Å². The highest BCUT2D eigenvalue weighted by molar-refractivity contribution is 5.76. The van der Waals surface area contributed by atoms with E-state index in [2.05, 4.69) is 11.4 Å². The summed E-state index contributed by atoms with van der Waals surface area (Å²) in [6, 6.07) is 7.56. The zero-order valence-corrected chi connectivity index (χ0v) is 14.2. The first-order chi connectivity index (χ1) is 10.9. The van der Waals surface area contributed by atoms with Gasteiger partial charge in [0.25, 0.3) is 0 Å². The highest BCUT2D eigenvalue weighted by Crippen LogP contribution is 2.27. The summed E-state index contributed by atoms with van der Waals surface area (Å²) in [6.07, 6.45) is 1.96. The van der Waals surface area contributed by atoms with Crippen LogP contribution in [0.1, 0.15) is 39.2 Å². The molecule has 2 unspecified atom stereocenters. The van der Waals surface area contributed by atoms with Crippen LogP contribution in [-0.2, 0) is 16.0 Å². The standard InChI is InChI=1S/C18H27NO4/c1-18(2,3)23-17(21)15(8-6-10-20)19-12-14-11-13-7-4-5-9-16(13)22-14/h4-5,7,9,14-15,19-20H,6,8,10-12H2,1-3H3. The van der Waals surface area contributed by atoms with Gasteiger partial charge in [0.2, 0.25) is 0 Å². The fourth-order valence-electron chi connectivity index (χ4n) is 2.61. The van der Waals surface area contributed by atoms with Crippen LogP contribution in [0.25, 0.3) is 0 Å². The van der Waals surface area contributed by atoms with Crippen molar-refractivity contribution in [3.8, 4) is 5.75 Å². The Morgan fingerprint density at radius 2 is 2.17 bits per heavy atom. The molecule has 5 nitrogen and oxygen atoms in total. The van der Waals surface area contributed by atoms with Crippen LogP contribution in [0.15, 0.2) is 24.3 Å². The molecule has 0 spiro atoms. The molecular formula is C18H27NO4. The van der Waals surface area contributed by atoms with Crippen LogP contribution in [-0.4, -0.2) is 42.0 Å². The van der Waals surface area contributed by atoms with E-state index < -0.39 is 11.6 Å². The lowest BCUT2D eigenvalue weighted by molar-refractivity contribution is -0.157. The highest BCUT2D eigenvalue weighted by Gasteiger charge is 2.27. The number of rotatable bonds is 7. The van der Waals surface area contributed by atoms with E-state index in [0.29, 0.717) is 19.4 Å². The van der Waals surface area contributed by atoms with Crippen LogP contribution < -0.4 is 10.1 Å². The number of fused-ring (bicyclic) bond motifs is 1. The van der Waals surface area contributed by atoms with E-state index in [9.17, 15) is 4.79 Å². The van der Waals surface area contributed by atoms with Crippen molar-refractivity contribution in [1.29, 1.82) is 0 Å². The number of aliphatic hydroxyl groups is 1. The summed E-state index contributed by atoms with van der Waals surface area (Å²) < 4.78 is 11.3. The van der Waals surface area contributed by atoms with Gasteiger partial charge in [-0.05, 0) is 45.2 Å². The quantitative estimate of drug-likeness (QED) is 0.753. The Kier molecular flexibility index (Phi) is 6.02. The monoisotopic (exact) mass is 321 g/mol. The van der Waals surface area contributed by atoms with Crippen molar-refractivity contribution < 1.29 is 19.4 Å². The lowest BCUT2D eigenvalue weighted by Crippen LogP contribution is -2.45. The molecule has 23 heavy (non-hydrogen) atoms. The average molecular weight is 321 g/mol. The van der Waals surface area contributed by atoms with E-state index >= 15 is 0 Å². The molecule has 0 radical (unpaired) electrons. The fraction of sp³-hybridized carbons (Fsp3) is 0.611. The van der Waals surface area contributed by atoms with E-state index in [0.717, 1.165) is 12.2 Å². The number of aliphatic hydroxyl groups excluding tert-OH is 1. The number of hydrogen-bond acceptors (Lipinski definition) is 5. The fourth-order valence-corrected chi connectivity index (χ4v) is 2.61. The van der Waals surface area contributed by atoms with Crippen LogP contribution in [0.5, 0.6) is 5.75 Å². The molecule has 1 aliphatic rings. The first kappa shape index (κ1) is 17.8. The molecule has 1 aromatic rings. The molecule has 0 aliphatic carbocycles. The van der Waals surface area contributed by atoms with Crippen LogP contribution in [0.3, 0.4) is 0 Å². The normalized spacial score (nSPS) is 18.2. The predicted molar refractivity (Wildman–Crippen MR) is 88.5 cm³/mol. The summed E-state index contributed by atoms with van der Waals surface area (Å²) in [5.41, 5.74) is 0.680. The maximum atomic E-state index is 12.3. The summed E-state index contributed by atoms with van der Waals surface area (Å²) >= 11 is 0. The first-order valence-electron chi connectivity index (χ1n) is 8.20. The number of esters is 1. The maximum Gasteiger partial charge on any atom is 0.323 e. The molecule has 0 aromatic heterocycles. The minimum atomic E-state index is -0.518. The summed E-state index contributed by atoms with van der Waals surface area (Å²) in [6.45, 7) is 6.19. The molecule has 2 atom stereocenters. The summed E-state index contributed by atoms with van der Waals surface area (Å²) in [4.78, 5) is 12.3. The minimum Gasteiger partial charge on any atom is -0.488 e. The van der Waals surface area contributed by atoms with Gasteiger partial charge in [-0.25, -0.2) is 0 Å². The van der Waals surface area contributed by atoms with Gasteiger partial charge in [-0.1, -0.05) is 18.2 Å². The smallest absolute Gasteiger partial charge is 0.323 e. The van der Waals surface area contributed by atoms with Gasteiger partial charge >= 0.3 is 5.97 Å². The Morgan fingerprint density at radius 1 is 1.43 bits per heavy atom. The second-order valence-electron chi connectivity index (χ2n) is 6.91. The molecule has 2 N–H and O–H groups in total. The lowest BCUT2D eigenvalue weighted by Gasteiger charge is -2.25. The van der Waals surface area contributed by atoms with Crippen LogP contribution in [0.4, 0.5) is 0 Å². The van der Waals surface area contributed by atoms with Crippen LogP contribution >= 0.6 is 0 Å². The Balaban J connectivity index is 1.87. The number of para-hydroxylation sites is 1. The summed E-state index contributed by atoms with van der Waals surface area (Å²) in [5, 5.41) is 12.3. The molecule has 1 heterocycles. The van der Waals surface area contributed by atoms with Gasteiger partial charge in [0.1, 0.15) is 23.5 Å². The van der Waals surface area contributed by atoms with Crippen molar-refractivity contribution in [2.45, 2.75) is 57.8 Å². The average Bonchev–Trinajstić information content (AvgIpc) is 2.88. The van der Waals surface area contributed by atoms with Crippen molar-refractivity contribution in [1.82, 2.24) is 5.32 Å². The van der Waals surface area contributed by atoms with Gasteiger partial charge in [-0.3, -0.25) is 4.79 Å². The maximum absolute atomic E-state index is 12.3. The molecule has 128 valence electrons. The topological polar surface area (TPSA) is 67.8 Å². The van der Waals surface area contributed by atoms with Crippen LogP contribution in [0, 0.1) is 0 Å². The molecule has 1 aliphatic heterocycles. The van der Waals surface area contributed by atoms with Gasteiger partial charge in [0.15, 0.2) is 0 Å². The Morgan fingerprint density at radius 3 is 2.83 bits per heavy atom. The van der Waals surface area contributed by atoms with Crippen LogP contribution in [0.2, 0.25) is 0 Å². The molecular weight excluding hydrogens is 294 g/mol. The molecule has 1 aromatic carbocycles. The number of carbonyl (C=O) groups excluding carboxylic acids is 1. The zero-order valence-electron chi connectivity index (χ0n) is 14.2. The van der Waals surface area contributed by atoms with Crippen molar-refractivity contribution >= 4 is 5.97 Å². The molecule has 0 saturated heterocycles. The predicted octanol–water partition coefficient (Wildman–Crippen LogP) is 2.06. The third kappa shape index (κ3) is 5.52. The molecule has 0 fully saturated rings. The number of carbonyl (C=O) groups is 1. The lowest BCUT2D eigenvalue weighted by atomic mass is 10.1. The first-order valence-corrected chi connectivity index (χ1v) is 8.20. The van der Waals surface area contributed by atoms with Gasteiger partial charge in [-0.15, -0.1) is 0 Å². The molecule has 0 amide bonds.